The Bertz CT molecular complexity index is 1340. The molecule has 0 saturated heterocycles. The highest BCUT2D eigenvalue weighted by molar-refractivity contribution is 6.31. The lowest BCUT2D eigenvalue weighted by Crippen LogP contribution is -2.29. The van der Waals surface area contributed by atoms with Gasteiger partial charge in [0.1, 0.15) is 5.69 Å². The van der Waals surface area contributed by atoms with E-state index in [2.05, 4.69) is 15.3 Å². The van der Waals surface area contributed by atoms with Crippen molar-refractivity contribution in [2.45, 2.75) is 19.9 Å². The molecule has 0 radical (unpaired) electrons. The molecule has 3 aromatic carbocycles. The number of hydrazone groups is 1. The number of amides is 1. The van der Waals surface area contributed by atoms with Crippen LogP contribution in [0.25, 0.3) is 11.1 Å². The molecule has 0 spiro atoms. The zero-order valence-corrected chi connectivity index (χ0v) is 18.5. The van der Waals surface area contributed by atoms with Crippen molar-refractivity contribution in [3.8, 4) is 16.9 Å². The number of aromatic hydroxyl groups is 1. The van der Waals surface area contributed by atoms with Crippen LogP contribution in [0.3, 0.4) is 0 Å². The number of carboxylic acids is 1. The lowest BCUT2D eigenvalue weighted by Gasteiger charge is -2.13. The highest BCUT2D eigenvalue weighted by Crippen LogP contribution is 2.38. The Hall–Kier alpha value is -4.04. The van der Waals surface area contributed by atoms with Crippen LogP contribution in [0, 0.1) is 6.92 Å². The van der Waals surface area contributed by atoms with Crippen molar-refractivity contribution in [1.82, 2.24) is 0 Å². The number of aromatic carboxylic acids is 1. The lowest BCUT2D eigenvalue weighted by molar-refractivity contribution is -0.117. The Labute approximate surface area is 194 Å². The van der Waals surface area contributed by atoms with Gasteiger partial charge in [-0.25, -0.2) is 4.79 Å². The number of carboxylic acid groups (broad SMARTS) is 1. The van der Waals surface area contributed by atoms with Crippen LogP contribution in [-0.2, 0) is 4.79 Å². The molecule has 1 amide bonds. The molecule has 0 aromatic heterocycles. The first kappa shape index (κ1) is 22.2. The molecule has 33 heavy (non-hydrogen) atoms. The predicted octanol–water partition coefficient (Wildman–Crippen LogP) is 5.59. The van der Waals surface area contributed by atoms with Crippen molar-refractivity contribution in [3.05, 3.63) is 76.8 Å². The summed E-state index contributed by atoms with van der Waals surface area (Å²) < 4.78 is 0. The van der Waals surface area contributed by atoms with E-state index in [1.165, 1.54) is 17.1 Å². The van der Waals surface area contributed by atoms with Gasteiger partial charge in [0.05, 0.1) is 17.0 Å². The molecule has 166 valence electrons. The molecule has 9 heteroatoms. The number of carbonyl (C=O) groups is 2. The van der Waals surface area contributed by atoms with Gasteiger partial charge >= 0.3 is 5.97 Å². The maximum absolute atomic E-state index is 12.9. The molecule has 1 unspecified atom stereocenters. The largest absolute Gasteiger partial charge is 0.505 e. The Morgan fingerprint density at radius 3 is 2.58 bits per heavy atom. The molecule has 3 aromatic rings. The third kappa shape index (κ3) is 4.33. The van der Waals surface area contributed by atoms with E-state index in [0.29, 0.717) is 27.5 Å². The quantitative estimate of drug-likeness (QED) is 0.480. The fourth-order valence-electron chi connectivity index (χ4n) is 3.42. The molecule has 0 aliphatic carbocycles. The van der Waals surface area contributed by atoms with Crippen LogP contribution in [0.1, 0.15) is 22.8 Å². The molecule has 0 saturated carbocycles. The van der Waals surface area contributed by atoms with E-state index in [1.807, 2.05) is 6.92 Å². The number of hydrogen-bond acceptors (Lipinski definition) is 6. The minimum atomic E-state index is -1.07. The van der Waals surface area contributed by atoms with Crippen LogP contribution in [0.15, 0.2) is 76.0 Å². The third-order valence-corrected chi connectivity index (χ3v) is 5.62. The summed E-state index contributed by atoms with van der Waals surface area (Å²) in [5.74, 6) is -1.61. The summed E-state index contributed by atoms with van der Waals surface area (Å²) in [5.41, 5.74) is 3.01. The molecule has 0 bridgehead atoms. The molecule has 1 heterocycles. The van der Waals surface area contributed by atoms with E-state index in [9.17, 15) is 19.8 Å². The number of aryl methyl sites for hydroxylation is 1. The highest BCUT2D eigenvalue weighted by Gasteiger charge is 2.35. The van der Waals surface area contributed by atoms with E-state index in [0.717, 1.165) is 5.56 Å². The zero-order valence-electron chi connectivity index (χ0n) is 17.7. The first-order valence-corrected chi connectivity index (χ1v) is 10.4. The van der Waals surface area contributed by atoms with Crippen LogP contribution in [0.4, 0.5) is 11.4 Å². The lowest BCUT2D eigenvalue weighted by atomic mass is 10.0. The van der Waals surface area contributed by atoms with Gasteiger partial charge in [0, 0.05) is 10.6 Å². The van der Waals surface area contributed by atoms with E-state index < -0.39 is 12.0 Å². The van der Waals surface area contributed by atoms with E-state index >= 15 is 0 Å². The molecule has 8 nitrogen and oxygen atoms in total. The summed E-state index contributed by atoms with van der Waals surface area (Å²) in [6.07, 6.45) is 0. The SMILES string of the molecule is CC1=NN(c2ccc(Cl)c(C)c2)C(=O)C1N=Nc1cccc(-c2cccc(C(=O)O)c2)c1O. The van der Waals surface area contributed by atoms with Gasteiger partial charge in [0.25, 0.3) is 5.91 Å². The van der Waals surface area contributed by atoms with Crippen molar-refractivity contribution in [2.24, 2.45) is 15.3 Å². The predicted molar refractivity (Wildman–Crippen MR) is 126 cm³/mol. The fourth-order valence-corrected chi connectivity index (χ4v) is 3.54. The van der Waals surface area contributed by atoms with Gasteiger partial charge < -0.3 is 10.2 Å². The number of halogens is 1. The minimum absolute atomic E-state index is 0.0971. The Kier molecular flexibility index (Phi) is 5.93. The summed E-state index contributed by atoms with van der Waals surface area (Å²) in [4.78, 5) is 24.2. The molecule has 1 aliphatic heterocycles. The first-order valence-electron chi connectivity index (χ1n) is 9.98. The zero-order chi connectivity index (χ0) is 23.7. The number of hydrogen-bond donors (Lipinski definition) is 2. The van der Waals surface area contributed by atoms with Crippen molar-refractivity contribution >= 4 is 40.6 Å². The van der Waals surface area contributed by atoms with Crippen LogP contribution in [0.5, 0.6) is 5.75 Å². The molecule has 0 fully saturated rings. The number of azo groups is 1. The van der Waals surface area contributed by atoms with Gasteiger partial charge in [-0.05, 0) is 61.4 Å². The highest BCUT2D eigenvalue weighted by atomic mass is 35.5. The Morgan fingerprint density at radius 1 is 1.09 bits per heavy atom. The van der Waals surface area contributed by atoms with Crippen LogP contribution in [0.2, 0.25) is 5.02 Å². The molecular formula is C24H19ClN4O4. The number of phenols is 1. The van der Waals surface area contributed by atoms with Crippen LogP contribution < -0.4 is 5.01 Å². The summed E-state index contributed by atoms with van der Waals surface area (Å²) in [6, 6.07) is 15.3. The van der Waals surface area contributed by atoms with Gasteiger partial charge in [0.2, 0.25) is 0 Å². The number of nitrogens with zero attached hydrogens (tertiary/aromatic N) is 4. The molecular weight excluding hydrogens is 444 g/mol. The van der Waals surface area contributed by atoms with Gasteiger partial charge in [-0.1, -0.05) is 35.9 Å². The second-order valence-corrected chi connectivity index (χ2v) is 7.91. The first-order chi connectivity index (χ1) is 15.8. The monoisotopic (exact) mass is 462 g/mol. The van der Waals surface area contributed by atoms with E-state index in [-0.39, 0.29) is 22.9 Å². The van der Waals surface area contributed by atoms with Crippen molar-refractivity contribution in [3.63, 3.8) is 0 Å². The van der Waals surface area contributed by atoms with Crippen molar-refractivity contribution in [2.75, 3.05) is 5.01 Å². The average Bonchev–Trinajstić information content (AvgIpc) is 3.08. The maximum Gasteiger partial charge on any atom is 0.335 e. The Balaban J connectivity index is 1.61. The van der Waals surface area contributed by atoms with Crippen LogP contribution >= 0.6 is 11.6 Å². The maximum atomic E-state index is 12.9. The van der Waals surface area contributed by atoms with Crippen molar-refractivity contribution < 1.29 is 19.8 Å². The van der Waals surface area contributed by atoms with Gasteiger partial charge in [0.15, 0.2) is 11.8 Å². The third-order valence-electron chi connectivity index (χ3n) is 5.20. The molecule has 1 atom stereocenters. The second-order valence-electron chi connectivity index (χ2n) is 7.50. The molecule has 2 N–H and O–H groups in total. The number of rotatable bonds is 5. The Morgan fingerprint density at radius 2 is 1.85 bits per heavy atom. The van der Waals surface area contributed by atoms with E-state index in [1.54, 1.807) is 55.5 Å². The number of phenolic OH excluding ortho intramolecular Hbond substituents is 1. The standard InChI is InChI=1S/C24H19ClN4O4/c1-13-11-17(9-10-19(13)25)29-23(31)21(14(2)28-29)27-26-20-8-4-7-18(22(20)30)15-5-3-6-16(12-15)24(32)33/h3-12,21,30H,1-2H3,(H,32,33). The van der Waals surface area contributed by atoms with Crippen LogP contribution in [-0.4, -0.2) is 33.8 Å². The van der Waals surface area contributed by atoms with Gasteiger partial charge in [-0.2, -0.15) is 20.3 Å². The summed E-state index contributed by atoms with van der Waals surface area (Å²) in [6.45, 7) is 3.51. The normalized spacial score (nSPS) is 15.8. The number of benzene rings is 3. The summed E-state index contributed by atoms with van der Waals surface area (Å²) in [5, 5.41) is 34.3. The second kappa shape index (κ2) is 8.84. The number of para-hydroxylation sites is 1. The minimum Gasteiger partial charge on any atom is -0.505 e. The van der Waals surface area contributed by atoms with Gasteiger partial charge in [-0.3, -0.25) is 4.79 Å². The topological polar surface area (TPSA) is 115 Å². The summed E-state index contributed by atoms with van der Waals surface area (Å²) >= 11 is 6.07. The van der Waals surface area contributed by atoms with E-state index in [4.69, 9.17) is 11.6 Å². The molecule has 1 aliphatic rings. The average molecular weight is 463 g/mol. The fraction of sp³-hybridized carbons (Fsp3) is 0.125. The van der Waals surface area contributed by atoms with Crippen molar-refractivity contribution in [1.29, 1.82) is 0 Å². The number of anilines is 1. The van der Waals surface area contributed by atoms with Gasteiger partial charge in [-0.15, -0.1) is 0 Å². The number of carbonyl (C=O) groups excluding carboxylic acids is 1. The summed E-state index contributed by atoms with van der Waals surface area (Å²) in [7, 11) is 0. The smallest absolute Gasteiger partial charge is 0.335 e. The molecule has 4 rings (SSSR count).